The van der Waals surface area contributed by atoms with Crippen LogP contribution < -0.4 is 10.6 Å². The summed E-state index contributed by atoms with van der Waals surface area (Å²) in [6, 6.07) is 5.02. The van der Waals surface area contributed by atoms with Gasteiger partial charge >= 0.3 is 5.97 Å². The highest BCUT2D eigenvalue weighted by atomic mass is 16.4. The number of nitrogens with one attached hydrogen (secondary N) is 2. The number of aliphatic carboxylic acids is 1. The third-order valence-corrected chi connectivity index (χ3v) is 3.62. The van der Waals surface area contributed by atoms with Crippen LogP contribution in [-0.2, 0) is 16.0 Å². The molecule has 6 heteroatoms. The molecule has 0 radical (unpaired) electrons. The number of amides is 1. The summed E-state index contributed by atoms with van der Waals surface area (Å²) in [6.07, 6.45) is 2.94. The maximum Gasteiger partial charge on any atom is 0.326 e. The molecule has 2 atom stereocenters. The predicted octanol–water partition coefficient (Wildman–Crippen LogP) is 0.646. The lowest BCUT2D eigenvalue weighted by Gasteiger charge is -2.24. The van der Waals surface area contributed by atoms with Gasteiger partial charge in [-0.2, -0.15) is 0 Å². The summed E-state index contributed by atoms with van der Waals surface area (Å²) in [6.45, 7) is 0.786. The summed E-state index contributed by atoms with van der Waals surface area (Å²) in [4.78, 5) is 23.4. The highest BCUT2D eigenvalue weighted by Gasteiger charge is 2.26. The Morgan fingerprint density at radius 2 is 2.00 bits per heavy atom. The van der Waals surface area contributed by atoms with Crippen molar-refractivity contribution < 1.29 is 19.8 Å². The lowest BCUT2D eigenvalue weighted by Crippen LogP contribution is -2.52. The molecule has 1 aromatic rings. The molecule has 21 heavy (non-hydrogen) atoms. The van der Waals surface area contributed by atoms with E-state index in [1.54, 1.807) is 12.1 Å². The van der Waals surface area contributed by atoms with Crippen molar-refractivity contribution in [2.24, 2.45) is 0 Å². The number of carbonyl (C=O) groups is 2. The SMILES string of the molecule is O=C(O)C(Cc1ccc(O)cc1)NC(=O)[C@H]1CCCCN1. The molecule has 0 spiro atoms. The van der Waals surface area contributed by atoms with Crippen LogP contribution in [0.25, 0.3) is 0 Å². The second-order valence-electron chi connectivity index (χ2n) is 5.27. The monoisotopic (exact) mass is 292 g/mol. The highest BCUT2D eigenvalue weighted by Crippen LogP contribution is 2.12. The lowest BCUT2D eigenvalue weighted by atomic mass is 10.0. The maximum absolute atomic E-state index is 12.1. The molecule has 1 unspecified atom stereocenters. The molecule has 0 saturated carbocycles. The predicted molar refractivity (Wildman–Crippen MR) is 77.0 cm³/mol. The number of benzene rings is 1. The number of rotatable bonds is 5. The molecule has 114 valence electrons. The quantitative estimate of drug-likeness (QED) is 0.638. The fourth-order valence-corrected chi connectivity index (χ4v) is 2.42. The zero-order chi connectivity index (χ0) is 15.2. The van der Waals surface area contributed by atoms with Crippen LogP contribution in [0.4, 0.5) is 0 Å². The Morgan fingerprint density at radius 3 is 2.57 bits per heavy atom. The number of phenolic OH excluding ortho intramolecular Hbond substituents is 1. The number of aromatic hydroxyl groups is 1. The fourth-order valence-electron chi connectivity index (χ4n) is 2.42. The van der Waals surface area contributed by atoms with Gasteiger partial charge in [-0.3, -0.25) is 4.79 Å². The molecule has 1 aliphatic heterocycles. The van der Waals surface area contributed by atoms with Crippen LogP contribution >= 0.6 is 0 Å². The van der Waals surface area contributed by atoms with Gasteiger partial charge in [-0.05, 0) is 37.1 Å². The van der Waals surface area contributed by atoms with Gasteiger partial charge in [-0.15, -0.1) is 0 Å². The number of hydrogen-bond donors (Lipinski definition) is 4. The average Bonchev–Trinajstić information content (AvgIpc) is 2.49. The van der Waals surface area contributed by atoms with Gasteiger partial charge in [-0.1, -0.05) is 18.6 Å². The van der Waals surface area contributed by atoms with Crippen LogP contribution in [0.5, 0.6) is 5.75 Å². The second-order valence-corrected chi connectivity index (χ2v) is 5.27. The third-order valence-electron chi connectivity index (χ3n) is 3.62. The molecule has 4 N–H and O–H groups in total. The third kappa shape index (κ3) is 4.46. The Hall–Kier alpha value is -2.08. The summed E-state index contributed by atoms with van der Waals surface area (Å²) in [5, 5.41) is 24.2. The molecule has 1 saturated heterocycles. The minimum Gasteiger partial charge on any atom is -0.508 e. The number of carboxylic acid groups (broad SMARTS) is 1. The molecule has 1 amide bonds. The molecule has 1 aliphatic rings. The average molecular weight is 292 g/mol. The normalized spacial score (nSPS) is 19.7. The van der Waals surface area contributed by atoms with Crippen molar-refractivity contribution in [3.8, 4) is 5.75 Å². The molecule has 6 nitrogen and oxygen atoms in total. The number of piperidine rings is 1. The van der Waals surface area contributed by atoms with Crippen LogP contribution in [0.2, 0.25) is 0 Å². The first-order valence-electron chi connectivity index (χ1n) is 7.11. The minimum atomic E-state index is -1.06. The maximum atomic E-state index is 12.1. The van der Waals surface area contributed by atoms with Crippen molar-refractivity contribution in [1.82, 2.24) is 10.6 Å². The molecule has 1 fully saturated rings. The van der Waals surface area contributed by atoms with Gasteiger partial charge in [0.25, 0.3) is 0 Å². The van der Waals surface area contributed by atoms with Gasteiger partial charge in [0.05, 0.1) is 6.04 Å². The Morgan fingerprint density at radius 1 is 1.29 bits per heavy atom. The first-order chi connectivity index (χ1) is 10.1. The van der Waals surface area contributed by atoms with Crippen LogP contribution in [-0.4, -0.2) is 40.7 Å². The number of carbonyl (C=O) groups excluding carboxylic acids is 1. The van der Waals surface area contributed by atoms with E-state index in [-0.39, 0.29) is 24.1 Å². The van der Waals surface area contributed by atoms with Gasteiger partial charge in [0, 0.05) is 6.42 Å². The van der Waals surface area contributed by atoms with Crippen LogP contribution in [0.15, 0.2) is 24.3 Å². The van der Waals surface area contributed by atoms with Crippen molar-refractivity contribution >= 4 is 11.9 Å². The molecule has 0 bridgehead atoms. The number of phenols is 1. The molecular formula is C15H20N2O4. The lowest BCUT2D eigenvalue weighted by molar-refractivity contribution is -0.142. The fraction of sp³-hybridized carbons (Fsp3) is 0.467. The van der Waals surface area contributed by atoms with E-state index >= 15 is 0 Å². The van der Waals surface area contributed by atoms with E-state index in [9.17, 15) is 19.8 Å². The van der Waals surface area contributed by atoms with E-state index in [2.05, 4.69) is 10.6 Å². The molecule has 1 heterocycles. The molecular weight excluding hydrogens is 272 g/mol. The van der Waals surface area contributed by atoms with E-state index in [0.29, 0.717) is 0 Å². The Kier molecular flexibility index (Phi) is 5.16. The number of hydrogen-bond acceptors (Lipinski definition) is 4. The van der Waals surface area contributed by atoms with Crippen molar-refractivity contribution in [2.45, 2.75) is 37.8 Å². The molecule has 0 aromatic heterocycles. The standard InChI is InChI=1S/C15H20N2O4/c18-11-6-4-10(5-7-11)9-13(15(20)21)17-14(19)12-3-1-2-8-16-12/h4-7,12-13,16,18H,1-3,8-9H2,(H,17,19)(H,20,21)/t12-,13?/m1/s1. The van der Waals surface area contributed by atoms with E-state index in [1.165, 1.54) is 12.1 Å². The highest BCUT2D eigenvalue weighted by molar-refractivity contribution is 5.87. The van der Waals surface area contributed by atoms with Crippen LogP contribution in [0, 0.1) is 0 Å². The van der Waals surface area contributed by atoms with E-state index in [4.69, 9.17) is 0 Å². The first kappa shape index (κ1) is 15.3. The van der Waals surface area contributed by atoms with Crippen molar-refractivity contribution in [3.05, 3.63) is 29.8 Å². The summed E-state index contributed by atoms with van der Waals surface area (Å²) in [5.41, 5.74) is 0.747. The van der Waals surface area contributed by atoms with E-state index < -0.39 is 12.0 Å². The topological polar surface area (TPSA) is 98.7 Å². The zero-order valence-electron chi connectivity index (χ0n) is 11.7. The zero-order valence-corrected chi connectivity index (χ0v) is 11.7. The van der Waals surface area contributed by atoms with Crippen molar-refractivity contribution in [3.63, 3.8) is 0 Å². The van der Waals surface area contributed by atoms with Gasteiger partial charge < -0.3 is 20.8 Å². The summed E-state index contributed by atoms with van der Waals surface area (Å²) in [7, 11) is 0. The molecule has 2 rings (SSSR count). The van der Waals surface area contributed by atoms with Gasteiger partial charge in [-0.25, -0.2) is 4.79 Å². The Bertz CT molecular complexity index is 495. The summed E-state index contributed by atoms with van der Waals surface area (Å²) >= 11 is 0. The summed E-state index contributed by atoms with van der Waals surface area (Å²) in [5.74, 6) is -1.20. The number of carboxylic acids is 1. The van der Waals surface area contributed by atoms with Crippen molar-refractivity contribution in [2.75, 3.05) is 6.54 Å². The van der Waals surface area contributed by atoms with E-state index in [1.807, 2.05) is 0 Å². The summed E-state index contributed by atoms with van der Waals surface area (Å²) < 4.78 is 0. The first-order valence-corrected chi connectivity index (χ1v) is 7.11. The smallest absolute Gasteiger partial charge is 0.326 e. The van der Waals surface area contributed by atoms with Crippen LogP contribution in [0.3, 0.4) is 0 Å². The van der Waals surface area contributed by atoms with Gasteiger partial charge in [0.1, 0.15) is 11.8 Å². The van der Waals surface area contributed by atoms with Crippen molar-refractivity contribution in [1.29, 1.82) is 0 Å². The van der Waals surface area contributed by atoms with Crippen LogP contribution in [0.1, 0.15) is 24.8 Å². The largest absolute Gasteiger partial charge is 0.508 e. The Labute approximate surface area is 123 Å². The molecule has 0 aliphatic carbocycles. The van der Waals surface area contributed by atoms with Gasteiger partial charge in [0.15, 0.2) is 0 Å². The molecule has 1 aromatic carbocycles. The second kappa shape index (κ2) is 7.08. The Balaban J connectivity index is 1.96. The minimum absolute atomic E-state index is 0.126. The van der Waals surface area contributed by atoms with Gasteiger partial charge in [0.2, 0.25) is 5.91 Å². The van der Waals surface area contributed by atoms with E-state index in [0.717, 1.165) is 31.4 Å².